The van der Waals surface area contributed by atoms with E-state index in [0.717, 1.165) is 36.4 Å². The highest BCUT2D eigenvalue weighted by molar-refractivity contribution is 7.09. The largest absolute Gasteiger partial charge is 0.379 e. The minimum Gasteiger partial charge on any atom is -0.379 e. The molecule has 1 aromatic carbocycles. The molecule has 1 fully saturated rings. The summed E-state index contributed by atoms with van der Waals surface area (Å²) in [7, 11) is 0. The first-order valence-electron chi connectivity index (χ1n) is 9.35. The number of nitrogens with one attached hydrogen (secondary N) is 3. The molecule has 2 amide bonds. The van der Waals surface area contributed by atoms with Crippen molar-refractivity contribution in [3.8, 4) is 6.07 Å². The van der Waals surface area contributed by atoms with E-state index in [1.54, 1.807) is 29.7 Å². The Morgan fingerprint density at radius 2 is 2.00 bits per heavy atom. The minimum atomic E-state index is -0.287. The molecule has 7 nitrogen and oxygen atoms in total. The van der Waals surface area contributed by atoms with Gasteiger partial charge in [-0.05, 0) is 37.1 Å². The Balaban J connectivity index is 1.56. The third-order valence-corrected chi connectivity index (χ3v) is 5.61. The summed E-state index contributed by atoms with van der Waals surface area (Å²) in [5, 5.41) is 20.5. The van der Waals surface area contributed by atoms with Crippen LogP contribution in [-0.4, -0.2) is 29.4 Å². The van der Waals surface area contributed by atoms with Gasteiger partial charge >= 0.3 is 0 Å². The van der Waals surface area contributed by atoms with Crippen molar-refractivity contribution in [2.24, 2.45) is 5.92 Å². The smallest absolute Gasteiger partial charge is 0.251 e. The number of nitriles is 1. The summed E-state index contributed by atoms with van der Waals surface area (Å²) in [5.74, 6) is -0.630. The monoisotopic (exact) mass is 397 g/mol. The Morgan fingerprint density at radius 1 is 1.21 bits per heavy atom. The van der Waals surface area contributed by atoms with Crippen molar-refractivity contribution in [1.82, 2.24) is 15.6 Å². The second-order valence-corrected chi connectivity index (χ2v) is 7.68. The van der Waals surface area contributed by atoms with Gasteiger partial charge in [-0.2, -0.15) is 5.26 Å². The number of nitrogens with zero attached hydrogens (tertiary/aromatic N) is 2. The minimum absolute atomic E-state index is 0.00848. The van der Waals surface area contributed by atoms with Gasteiger partial charge in [-0.15, -0.1) is 11.3 Å². The predicted molar refractivity (Wildman–Crippen MR) is 108 cm³/mol. The van der Waals surface area contributed by atoms with Crippen molar-refractivity contribution in [2.45, 2.75) is 38.3 Å². The van der Waals surface area contributed by atoms with Gasteiger partial charge in [-0.25, -0.2) is 4.98 Å². The molecule has 2 aromatic rings. The standard InChI is InChI=1S/C20H23N5O2S/c21-9-10-23-20(27)16-3-1-2-4-17(16)25-19(26)14-5-7-15(8-6-14)24-13-18-22-11-12-28-18/h5-8,11-12,16-17,24H,1-4,10,13H2,(H,23,27)(H,25,26)/t16-,17+/m1/s1. The Labute approximate surface area is 168 Å². The lowest BCUT2D eigenvalue weighted by molar-refractivity contribution is -0.126. The van der Waals surface area contributed by atoms with Gasteiger partial charge in [0, 0.05) is 28.9 Å². The van der Waals surface area contributed by atoms with Gasteiger partial charge in [-0.1, -0.05) is 12.8 Å². The van der Waals surface area contributed by atoms with Crippen LogP contribution in [0.1, 0.15) is 41.0 Å². The Kier molecular flexibility index (Phi) is 6.98. The summed E-state index contributed by atoms with van der Waals surface area (Å²) in [4.78, 5) is 29.1. The molecule has 8 heteroatoms. The Bertz CT molecular complexity index is 829. The fourth-order valence-corrected chi connectivity index (χ4v) is 3.94. The second-order valence-electron chi connectivity index (χ2n) is 6.70. The van der Waals surface area contributed by atoms with Crippen molar-refractivity contribution in [3.63, 3.8) is 0 Å². The summed E-state index contributed by atoms with van der Waals surface area (Å²) < 4.78 is 0. The third kappa shape index (κ3) is 5.30. The van der Waals surface area contributed by atoms with Gasteiger partial charge in [0.05, 0.1) is 18.5 Å². The highest BCUT2D eigenvalue weighted by Crippen LogP contribution is 2.25. The van der Waals surface area contributed by atoms with Crippen LogP contribution in [0.5, 0.6) is 0 Å². The number of hydrogen-bond donors (Lipinski definition) is 3. The fourth-order valence-electron chi connectivity index (χ4n) is 3.38. The van der Waals surface area contributed by atoms with Crippen molar-refractivity contribution in [3.05, 3.63) is 46.4 Å². The van der Waals surface area contributed by atoms with Gasteiger partial charge in [0.25, 0.3) is 5.91 Å². The van der Waals surface area contributed by atoms with Gasteiger partial charge in [0.2, 0.25) is 5.91 Å². The first kappa shape index (κ1) is 19.8. The molecule has 3 rings (SSSR count). The van der Waals surface area contributed by atoms with Gasteiger partial charge < -0.3 is 16.0 Å². The summed E-state index contributed by atoms with van der Waals surface area (Å²) >= 11 is 1.59. The van der Waals surface area contributed by atoms with E-state index >= 15 is 0 Å². The fraction of sp³-hybridized carbons (Fsp3) is 0.400. The molecule has 2 atom stereocenters. The first-order chi connectivity index (χ1) is 13.7. The molecule has 0 bridgehead atoms. The lowest BCUT2D eigenvalue weighted by atomic mass is 9.83. The van der Waals surface area contributed by atoms with Crippen LogP contribution in [0.2, 0.25) is 0 Å². The maximum Gasteiger partial charge on any atom is 0.251 e. The molecule has 0 unspecified atom stereocenters. The molecule has 1 aliphatic carbocycles. The normalized spacial score (nSPS) is 18.7. The molecular formula is C20H23N5O2S. The van der Waals surface area contributed by atoms with Crippen LogP contribution < -0.4 is 16.0 Å². The summed E-state index contributed by atoms with van der Waals surface area (Å²) in [6, 6.07) is 8.97. The number of carbonyl (C=O) groups excluding carboxylic acids is 2. The highest BCUT2D eigenvalue weighted by Gasteiger charge is 2.32. The maximum atomic E-state index is 12.6. The molecule has 146 valence electrons. The number of carbonyl (C=O) groups is 2. The van der Waals surface area contributed by atoms with Crippen LogP contribution in [0.4, 0.5) is 5.69 Å². The van der Waals surface area contributed by atoms with Crippen LogP contribution in [0, 0.1) is 17.2 Å². The van der Waals surface area contributed by atoms with E-state index in [-0.39, 0.29) is 30.3 Å². The molecule has 1 aliphatic rings. The van der Waals surface area contributed by atoms with Gasteiger partial charge in [-0.3, -0.25) is 9.59 Å². The van der Waals surface area contributed by atoms with Crippen molar-refractivity contribution >= 4 is 28.8 Å². The molecule has 0 aliphatic heterocycles. The summed E-state index contributed by atoms with van der Waals surface area (Å²) in [6.45, 7) is 0.635. The van der Waals surface area contributed by atoms with E-state index in [1.165, 1.54) is 0 Å². The SMILES string of the molecule is N#CCNC(=O)[C@@H]1CCCC[C@@H]1NC(=O)c1ccc(NCc2nccs2)cc1. The number of rotatable bonds is 7. The summed E-state index contributed by atoms with van der Waals surface area (Å²) in [5.41, 5.74) is 1.47. The van der Waals surface area contributed by atoms with Crippen LogP contribution >= 0.6 is 11.3 Å². The molecule has 0 spiro atoms. The van der Waals surface area contributed by atoms with E-state index in [2.05, 4.69) is 20.9 Å². The van der Waals surface area contributed by atoms with Gasteiger partial charge in [0.1, 0.15) is 11.6 Å². The zero-order valence-corrected chi connectivity index (χ0v) is 16.3. The van der Waals surface area contributed by atoms with Crippen LogP contribution in [0.15, 0.2) is 35.8 Å². The van der Waals surface area contributed by atoms with E-state index in [1.807, 2.05) is 23.6 Å². The van der Waals surface area contributed by atoms with E-state index in [0.29, 0.717) is 12.1 Å². The number of amides is 2. The lowest BCUT2D eigenvalue weighted by Gasteiger charge is -2.31. The molecule has 0 saturated heterocycles. The third-order valence-electron chi connectivity index (χ3n) is 4.84. The summed E-state index contributed by atoms with van der Waals surface area (Å²) in [6.07, 6.45) is 5.20. The van der Waals surface area contributed by atoms with Gasteiger partial charge in [0.15, 0.2) is 0 Å². The van der Waals surface area contributed by atoms with Crippen molar-refractivity contribution in [2.75, 3.05) is 11.9 Å². The quantitative estimate of drug-likeness (QED) is 0.623. The zero-order chi connectivity index (χ0) is 19.8. The average Bonchev–Trinajstić information content (AvgIpc) is 3.25. The average molecular weight is 398 g/mol. The van der Waals surface area contributed by atoms with E-state index < -0.39 is 0 Å². The second kappa shape index (κ2) is 9.85. The van der Waals surface area contributed by atoms with Crippen LogP contribution in [-0.2, 0) is 11.3 Å². The maximum absolute atomic E-state index is 12.6. The number of hydrogen-bond acceptors (Lipinski definition) is 6. The molecule has 1 aromatic heterocycles. The van der Waals surface area contributed by atoms with Crippen LogP contribution in [0.3, 0.4) is 0 Å². The first-order valence-corrected chi connectivity index (χ1v) is 10.2. The molecule has 0 radical (unpaired) electrons. The number of thiazole rings is 1. The Hall–Kier alpha value is -2.92. The number of anilines is 1. The molecule has 1 saturated carbocycles. The molecular weight excluding hydrogens is 374 g/mol. The number of aromatic nitrogens is 1. The van der Waals surface area contributed by atoms with E-state index in [9.17, 15) is 9.59 Å². The zero-order valence-electron chi connectivity index (χ0n) is 15.5. The molecule has 1 heterocycles. The lowest BCUT2D eigenvalue weighted by Crippen LogP contribution is -2.48. The highest BCUT2D eigenvalue weighted by atomic mass is 32.1. The van der Waals surface area contributed by atoms with E-state index in [4.69, 9.17) is 5.26 Å². The molecule has 3 N–H and O–H groups in total. The molecule has 28 heavy (non-hydrogen) atoms. The van der Waals surface area contributed by atoms with Crippen LogP contribution in [0.25, 0.3) is 0 Å². The predicted octanol–water partition coefficient (Wildman–Crippen LogP) is 2.68. The van der Waals surface area contributed by atoms with Crippen molar-refractivity contribution in [1.29, 1.82) is 5.26 Å². The Morgan fingerprint density at radius 3 is 2.71 bits per heavy atom. The van der Waals surface area contributed by atoms with Crippen molar-refractivity contribution < 1.29 is 9.59 Å². The topological polar surface area (TPSA) is 107 Å². The number of benzene rings is 1.